The molecule has 0 unspecified atom stereocenters. The molecule has 0 spiro atoms. The van der Waals surface area contributed by atoms with Gasteiger partial charge in [0, 0.05) is 39.4 Å². The van der Waals surface area contributed by atoms with E-state index in [-0.39, 0.29) is 39.4 Å². The molecule has 0 aliphatic carbocycles. The molecule has 4 heavy (non-hydrogen) atoms. The van der Waals surface area contributed by atoms with Crippen molar-refractivity contribution in [3.05, 3.63) is 0 Å². The summed E-state index contributed by atoms with van der Waals surface area (Å²) in [6, 6.07) is 0. The molecule has 4 heteroatoms. The van der Waals surface area contributed by atoms with Crippen LogP contribution in [-0.2, 0) is 39.4 Å². The number of rotatable bonds is 0. The fourth-order valence-corrected chi connectivity index (χ4v) is 0. The van der Waals surface area contributed by atoms with Crippen molar-refractivity contribution < 1.29 is 39.4 Å². The quantitative estimate of drug-likeness (QED) is 0.495. The van der Waals surface area contributed by atoms with Crippen LogP contribution in [0.5, 0.6) is 0 Å². The van der Waals surface area contributed by atoms with Crippen LogP contribution in [0.25, 0.3) is 0 Å². The molecule has 0 N–H and O–H groups in total. The van der Waals surface area contributed by atoms with Crippen molar-refractivity contribution in [2.24, 2.45) is 0 Å². The molecule has 3 radical (unpaired) electrons. The zero-order chi connectivity index (χ0) is 2.00. The Morgan fingerprint density at radius 3 is 1.25 bits per heavy atom. The zero-order valence-corrected chi connectivity index (χ0v) is 9.02. The van der Waals surface area contributed by atoms with Crippen LogP contribution in [-0.4, -0.2) is 33.2 Å². The van der Waals surface area contributed by atoms with Gasteiger partial charge in [0.1, 0.15) is 0 Å². The fraction of sp³-hybridized carbons (Fsp3) is 0. The molecule has 0 amide bonds. The molecule has 0 saturated carbocycles. The van der Waals surface area contributed by atoms with Crippen LogP contribution in [0.4, 0.5) is 0 Å². The van der Waals surface area contributed by atoms with Gasteiger partial charge in [-0.1, -0.05) is 0 Å². The Morgan fingerprint density at radius 2 is 1.25 bits per heavy atom. The van der Waals surface area contributed by atoms with E-state index in [0.717, 1.165) is 0 Å². The van der Waals surface area contributed by atoms with Crippen LogP contribution < -0.4 is 0 Å². The maximum atomic E-state index is 2.76. The van der Waals surface area contributed by atoms with Crippen LogP contribution in [0.3, 0.4) is 0 Å². The molecule has 0 bridgehead atoms. The van der Waals surface area contributed by atoms with Crippen molar-refractivity contribution in [2.45, 2.75) is 0 Å². The van der Waals surface area contributed by atoms with Crippen molar-refractivity contribution in [1.29, 1.82) is 0 Å². The zero-order valence-electron chi connectivity index (χ0n) is 1.59. The predicted octanol–water partition coefficient (Wildman–Crippen LogP) is -0.767. The van der Waals surface area contributed by atoms with E-state index in [0.29, 0.717) is 0 Å². The second-order valence-corrected chi connectivity index (χ2v) is 0. The average Bonchev–Trinajstić information content (AvgIpc) is 1.00. The molecule has 0 rings (SSSR count). The molecule has 0 fully saturated rings. The molecule has 0 saturated heterocycles. The Morgan fingerprint density at radius 1 is 1.25 bits per heavy atom. The first-order valence-electron chi connectivity index (χ1n) is 0.236. The molecule has 0 aliphatic rings. The van der Waals surface area contributed by atoms with Gasteiger partial charge in [-0.05, 0) is 0 Å². The normalized spacial score (nSPS) is 0.750. The van der Waals surface area contributed by atoms with Gasteiger partial charge < -0.3 is 0 Å². The summed E-state index contributed by atoms with van der Waals surface area (Å²) in [4.78, 5) is 0. The Hall–Kier alpha value is 2.65. The number of hydrogen-bond acceptors (Lipinski definition) is 0. The molecule has 0 heterocycles. The van der Waals surface area contributed by atoms with Crippen LogP contribution in [0.15, 0.2) is 0 Å². The summed E-state index contributed by atoms with van der Waals surface area (Å²) in [7, 11) is 0. The molecule has 0 atom stereocenters. The Labute approximate surface area is 71.4 Å². The average molecular weight is 365 g/mol. The second-order valence-electron chi connectivity index (χ2n) is 0. The third-order valence-corrected chi connectivity index (χ3v) is 0. The molecule has 31 valence electrons. The summed E-state index contributed by atoms with van der Waals surface area (Å²) < 4.78 is 0. The molecule has 0 aromatic carbocycles. The van der Waals surface area contributed by atoms with Gasteiger partial charge in [0.05, 0.1) is 0 Å². The molecular weight excluding hydrogens is 365 g/mol. The minimum absolute atomic E-state index is 0. The van der Waals surface area contributed by atoms with Gasteiger partial charge in [-0.15, -0.1) is 0 Å². The van der Waals surface area contributed by atoms with E-state index >= 15 is 0 Å². The molecule has 0 aromatic rings. The standard InChI is InChI=1S/Ag.Cu.In.Se. The Bertz CT molecular complexity index is 8.00. The van der Waals surface area contributed by atoms with Crippen molar-refractivity contribution in [3.8, 4) is 0 Å². The van der Waals surface area contributed by atoms with E-state index in [1.165, 1.54) is 21.4 Å². The van der Waals surface area contributed by atoms with Gasteiger partial charge in [0.2, 0.25) is 0 Å². The van der Waals surface area contributed by atoms with E-state index in [1.54, 1.807) is 0 Å². The van der Waals surface area contributed by atoms with E-state index in [4.69, 9.17) is 0 Å². The van der Waals surface area contributed by atoms with Crippen LogP contribution in [0.1, 0.15) is 0 Å². The SMILES string of the molecule is [Ag].[Cu].[Se]=[In]. The molecular formula is AgCuInSe. The first kappa shape index (κ1) is 15.9. The summed E-state index contributed by atoms with van der Waals surface area (Å²) in [6.45, 7) is 0. The van der Waals surface area contributed by atoms with Gasteiger partial charge in [-0.3, -0.25) is 0 Å². The monoisotopic (exact) mass is 365 g/mol. The fourth-order valence-electron chi connectivity index (χ4n) is 0. The third-order valence-electron chi connectivity index (χ3n) is 0. The van der Waals surface area contributed by atoms with E-state index < -0.39 is 0 Å². The topological polar surface area (TPSA) is 0 Å². The van der Waals surface area contributed by atoms with Crippen molar-refractivity contribution in [3.63, 3.8) is 0 Å². The molecule has 0 aromatic heterocycles. The van der Waals surface area contributed by atoms with Gasteiger partial charge in [0.25, 0.3) is 0 Å². The van der Waals surface area contributed by atoms with Crippen molar-refractivity contribution in [1.82, 2.24) is 0 Å². The second kappa shape index (κ2) is 17.4. The van der Waals surface area contributed by atoms with Crippen LogP contribution in [0, 0.1) is 0 Å². The van der Waals surface area contributed by atoms with Crippen molar-refractivity contribution >= 4 is 33.2 Å². The summed E-state index contributed by atoms with van der Waals surface area (Å²) in [5, 5.41) is 0. The summed E-state index contributed by atoms with van der Waals surface area (Å²) in [5.74, 6) is 0. The Balaban J connectivity index is -0.00000000500. The van der Waals surface area contributed by atoms with E-state index in [1.807, 2.05) is 0 Å². The summed E-state index contributed by atoms with van der Waals surface area (Å²) in [6.07, 6.45) is 0. The first-order chi connectivity index (χ1) is 1.00. The van der Waals surface area contributed by atoms with E-state index in [9.17, 15) is 0 Å². The molecule has 0 aliphatic heterocycles. The van der Waals surface area contributed by atoms with Crippen LogP contribution >= 0.6 is 0 Å². The summed E-state index contributed by atoms with van der Waals surface area (Å²) in [5.41, 5.74) is 0. The van der Waals surface area contributed by atoms with Crippen molar-refractivity contribution in [2.75, 3.05) is 0 Å². The molecule has 0 nitrogen and oxygen atoms in total. The number of hydrogen-bond donors (Lipinski definition) is 0. The van der Waals surface area contributed by atoms with Gasteiger partial charge in [-0.25, -0.2) is 0 Å². The predicted molar refractivity (Wildman–Crippen MR) is 11.5 cm³/mol. The van der Waals surface area contributed by atoms with Gasteiger partial charge in [0.15, 0.2) is 0 Å². The van der Waals surface area contributed by atoms with Gasteiger partial charge >= 0.3 is 33.2 Å². The Kier molecular flexibility index (Phi) is 69.3. The first-order valence-corrected chi connectivity index (χ1v) is 8.22. The van der Waals surface area contributed by atoms with Crippen LogP contribution in [0.2, 0.25) is 0 Å². The summed E-state index contributed by atoms with van der Waals surface area (Å²) >= 11 is 3.98. The minimum atomic E-state index is 0. The maximum absolute atomic E-state index is 2.76. The third kappa shape index (κ3) is 8.82. The van der Waals surface area contributed by atoms with E-state index in [2.05, 4.69) is 11.8 Å². The van der Waals surface area contributed by atoms with Gasteiger partial charge in [-0.2, -0.15) is 0 Å².